The quantitative estimate of drug-likeness (QED) is 0.200. The predicted molar refractivity (Wildman–Crippen MR) is 139 cm³/mol. The Morgan fingerprint density at radius 1 is 0.784 bits per heavy atom. The summed E-state index contributed by atoms with van der Waals surface area (Å²) in [5, 5.41) is 0.572. The van der Waals surface area contributed by atoms with Gasteiger partial charge in [0.25, 0.3) is 20.2 Å². The van der Waals surface area contributed by atoms with Crippen LogP contribution in [0.3, 0.4) is 0 Å². The Kier molecular flexibility index (Phi) is 6.30. The van der Waals surface area contributed by atoms with Crippen molar-refractivity contribution < 1.29 is 35.1 Å². The highest BCUT2D eigenvalue weighted by Gasteiger charge is 2.25. The molecule has 0 unspecified atom stereocenters. The van der Waals surface area contributed by atoms with Gasteiger partial charge in [0.2, 0.25) is 5.01 Å². The number of benzene rings is 3. The molecule has 0 amide bonds. The molecule has 9 nitrogen and oxygen atoms in total. The van der Waals surface area contributed by atoms with Gasteiger partial charge in [-0.15, -0.1) is 11.3 Å². The van der Waals surface area contributed by atoms with Crippen molar-refractivity contribution in [2.75, 3.05) is 7.11 Å². The molecule has 2 aromatic heterocycles. The second-order valence-corrected chi connectivity index (χ2v) is 11.7. The summed E-state index contributed by atoms with van der Waals surface area (Å²) in [6.07, 6.45) is 0. The van der Waals surface area contributed by atoms with E-state index >= 15 is 0 Å². The van der Waals surface area contributed by atoms with Crippen LogP contribution < -0.4 is 4.74 Å². The van der Waals surface area contributed by atoms with Gasteiger partial charge in [-0.3, -0.25) is 9.11 Å². The number of rotatable bonds is 6. The van der Waals surface area contributed by atoms with Gasteiger partial charge >= 0.3 is 11.5 Å². The first-order valence-electron chi connectivity index (χ1n) is 10.6. The van der Waals surface area contributed by atoms with Gasteiger partial charge in [-0.2, -0.15) is 16.8 Å². The van der Waals surface area contributed by atoms with Crippen LogP contribution >= 0.6 is 11.3 Å². The van der Waals surface area contributed by atoms with E-state index in [9.17, 15) is 25.9 Å². The van der Waals surface area contributed by atoms with Gasteiger partial charge in [0.1, 0.15) is 10.6 Å². The van der Waals surface area contributed by atoms with Crippen molar-refractivity contribution in [2.24, 2.45) is 0 Å². The minimum Gasteiger partial charge on any atom is -0.495 e. The third kappa shape index (κ3) is 5.10. The summed E-state index contributed by atoms with van der Waals surface area (Å²) >= 11 is 1.40. The van der Waals surface area contributed by atoms with Crippen LogP contribution in [0.4, 0.5) is 0 Å². The minimum absolute atomic E-state index is 0.0145. The number of methoxy groups -OCH3 is 1. The number of hydrogen-bond acceptors (Lipinski definition) is 7. The first kappa shape index (κ1) is 25.0. The summed E-state index contributed by atoms with van der Waals surface area (Å²) < 4.78 is 78.0. The van der Waals surface area contributed by atoms with Gasteiger partial charge in [-0.25, -0.2) is 9.40 Å². The van der Waals surface area contributed by atoms with Crippen molar-refractivity contribution in [3.8, 4) is 39.0 Å². The third-order valence-corrected chi connectivity index (χ3v) is 8.30. The molecule has 0 aliphatic rings. The maximum absolute atomic E-state index is 12.0. The van der Waals surface area contributed by atoms with E-state index < -0.39 is 25.1 Å². The highest BCUT2D eigenvalue weighted by Crippen LogP contribution is 2.38. The normalized spacial score (nSPS) is 12.1. The Morgan fingerprint density at radius 3 is 2.11 bits per heavy atom. The van der Waals surface area contributed by atoms with E-state index in [1.807, 2.05) is 24.3 Å². The van der Waals surface area contributed by atoms with Crippen LogP contribution in [-0.4, -0.2) is 38.0 Å². The Morgan fingerprint density at radius 2 is 1.46 bits per heavy atom. The van der Waals surface area contributed by atoms with Gasteiger partial charge in [0.15, 0.2) is 0 Å². The number of para-hydroxylation sites is 1. The maximum atomic E-state index is 12.0. The molecule has 0 bridgehead atoms. The number of aromatic nitrogens is 1. The molecular formula is C25H18NO8S3+. The first-order chi connectivity index (χ1) is 17.5. The topological polar surface area (TPSA) is 142 Å². The monoisotopic (exact) mass is 556 g/mol. The average molecular weight is 557 g/mol. The minimum atomic E-state index is -4.58. The Labute approximate surface area is 216 Å². The largest absolute Gasteiger partial charge is 0.495 e. The summed E-state index contributed by atoms with van der Waals surface area (Å²) in [7, 11) is -7.66. The van der Waals surface area contributed by atoms with E-state index in [0.29, 0.717) is 33.2 Å². The SMILES string of the molecule is COc1ccc(-c2cc(-c3ccc(S(=O)(=O)O)cc3)[o+]c(-c3nc4ccccc4s3)c2)cc1S(=O)(=O)O. The van der Waals surface area contributed by atoms with E-state index in [-0.39, 0.29) is 10.6 Å². The van der Waals surface area contributed by atoms with E-state index in [0.717, 1.165) is 10.2 Å². The fraction of sp³-hybridized carbons (Fsp3) is 0.0400. The lowest BCUT2D eigenvalue weighted by Gasteiger charge is -2.08. The maximum Gasteiger partial charge on any atom is 0.389 e. The molecule has 0 fully saturated rings. The van der Waals surface area contributed by atoms with E-state index in [2.05, 4.69) is 4.98 Å². The van der Waals surface area contributed by atoms with Gasteiger partial charge in [-0.1, -0.05) is 18.2 Å². The first-order valence-corrected chi connectivity index (χ1v) is 14.3. The number of hydrogen-bond donors (Lipinski definition) is 2. The molecule has 188 valence electrons. The van der Waals surface area contributed by atoms with Crippen molar-refractivity contribution in [2.45, 2.75) is 9.79 Å². The Hall–Kier alpha value is -3.68. The van der Waals surface area contributed by atoms with Crippen LogP contribution in [0.2, 0.25) is 0 Å². The van der Waals surface area contributed by atoms with Crippen LogP contribution in [0, 0.1) is 0 Å². The molecule has 5 aromatic rings. The van der Waals surface area contributed by atoms with Gasteiger partial charge in [0, 0.05) is 5.56 Å². The Balaban J connectivity index is 1.72. The summed E-state index contributed by atoms with van der Waals surface area (Å²) in [4.78, 5) is 3.97. The van der Waals surface area contributed by atoms with Gasteiger partial charge in [-0.05, 0) is 54.1 Å². The van der Waals surface area contributed by atoms with Crippen molar-refractivity contribution in [1.82, 2.24) is 4.98 Å². The molecule has 12 heteroatoms. The van der Waals surface area contributed by atoms with Crippen LogP contribution in [-0.2, 0) is 20.2 Å². The summed E-state index contributed by atoms with van der Waals surface area (Å²) in [5.41, 5.74) is 2.27. The molecule has 0 atom stereocenters. The summed E-state index contributed by atoms with van der Waals surface area (Å²) in [5.74, 6) is 0.703. The van der Waals surface area contributed by atoms with E-state index in [4.69, 9.17) is 9.15 Å². The van der Waals surface area contributed by atoms with Crippen LogP contribution in [0.1, 0.15) is 0 Å². The van der Waals surface area contributed by atoms with Crippen LogP contribution in [0.25, 0.3) is 43.4 Å². The molecule has 5 rings (SSSR count). The average Bonchev–Trinajstić information content (AvgIpc) is 3.32. The van der Waals surface area contributed by atoms with Crippen molar-refractivity contribution in [3.63, 3.8) is 0 Å². The molecule has 2 heterocycles. The zero-order valence-corrected chi connectivity index (χ0v) is 21.5. The number of ether oxygens (including phenoxy) is 1. The highest BCUT2D eigenvalue weighted by atomic mass is 32.2. The van der Waals surface area contributed by atoms with Crippen molar-refractivity contribution in [3.05, 3.63) is 78.9 Å². The zero-order valence-electron chi connectivity index (χ0n) is 19.0. The third-order valence-electron chi connectivity index (χ3n) is 5.51. The molecule has 0 radical (unpaired) electrons. The van der Waals surface area contributed by atoms with E-state index in [1.165, 1.54) is 54.8 Å². The second-order valence-electron chi connectivity index (χ2n) is 7.90. The molecule has 0 spiro atoms. The predicted octanol–water partition coefficient (Wildman–Crippen LogP) is 5.67. The smallest absolute Gasteiger partial charge is 0.389 e. The van der Waals surface area contributed by atoms with Crippen LogP contribution in [0.5, 0.6) is 5.75 Å². The van der Waals surface area contributed by atoms with Crippen LogP contribution in [0.15, 0.2) is 93.1 Å². The van der Waals surface area contributed by atoms with Crippen molar-refractivity contribution >= 4 is 41.8 Å². The summed E-state index contributed by atoms with van der Waals surface area (Å²) in [6.45, 7) is 0. The lowest BCUT2D eigenvalue weighted by Crippen LogP contribution is -2.01. The molecule has 37 heavy (non-hydrogen) atoms. The van der Waals surface area contributed by atoms with E-state index in [1.54, 1.807) is 18.2 Å². The summed E-state index contributed by atoms with van der Waals surface area (Å²) in [6, 6.07) is 20.7. The molecule has 0 aliphatic carbocycles. The molecule has 0 aliphatic heterocycles. The Bertz CT molecular complexity index is 1830. The standard InChI is InChI=1S/C25H17NO8S3/c1-33-20-11-8-16(14-24(20)37(30,31)32)17-12-21(15-6-9-18(10-7-15)36(27,28)29)34-22(13-17)25-26-19-4-2-3-5-23(19)35-25/h2-14H,1H3,(H-,27,28,29,30,31,32)/p+1. The molecule has 0 saturated heterocycles. The fourth-order valence-electron chi connectivity index (χ4n) is 3.74. The number of fused-ring (bicyclic) bond motifs is 1. The van der Waals surface area contributed by atoms with Gasteiger partial charge < -0.3 is 4.74 Å². The number of nitrogens with zero attached hydrogens (tertiary/aromatic N) is 1. The second kappa shape index (κ2) is 9.32. The lowest BCUT2D eigenvalue weighted by atomic mass is 10.0. The number of thiazole rings is 1. The van der Waals surface area contributed by atoms with Gasteiger partial charge in [0.05, 0.1) is 39.9 Å². The highest BCUT2D eigenvalue weighted by molar-refractivity contribution is 7.86. The van der Waals surface area contributed by atoms with Crippen molar-refractivity contribution in [1.29, 1.82) is 0 Å². The lowest BCUT2D eigenvalue weighted by molar-refractivity contribution is 0.397. The zero-order chi connectivity index (χ0) is 26.4. The molecule has 0 saturated carbocycles. The molecular weight excluding hydrogens is 538 g/mol. The molecule has 3 aromatic carbocycles. The fourth-order valence-corrected chi connectivity index (χ4v) is 5.82. The molecule has 2 N–H and O–H groups in total.